The van der Waals surface area contributed by atoms with Gasteiger partial charge in [-0.15, -0.1) is 0 Å². The van der Waals surface area contributed by atoms with Crippen LogP contribution in [0.5, 0.6) is 0 Å². The monoisotopic (exact) mass is 835 g/mol. The van der Waals surface area contributed by atoms with Gasteiger partial charge in [-0.2, -0.15) is 0 Å². The number of esters is 3. The normalized spacial score (nSPS) is 11.9. The number of carbonyl (C=O) groups is 3. The maximum Gasteiger partial charge on any atom is 0.306 e. The summed E-state index contributed by atoms with van der Waals surface area (Å²) in [5, 5.41) is 0. The van der Waals surface area contributed by atoms with Gasteiger partial charge in [0.15, 0.2) is 6.10 Å². The SMILES string of the molecule is CCCCCCCCCCCCCCCCCCCCC(=O)OC[C@H](COC(=O)CCCCCCCCCCCCCC(C)C)OC(=O)CCCCCCCCCCC. The molecule has 0 radical (unpaired) electrons. The average molecular weight is 835 g/mol. The Morgan fingerprint density at radius 2 is 0.559 bits per heavy atom. The van der Waals surface area contributed by atoms with E-state index in [0.717, 1.165) is 63.7 Å². The summed E-state index contributed by atoms with van der Waals surface area (Å²) < 4.78 is 16.8. The van der Waals surface area contributed by atoms with Gasteiger partial charge in [0.25, 0.3) is 0 Å². The molecule has 0 fully saturated rings. The summed E-state index contributed by atoms with van der Waals surface area (Å²) >= 11 is 0. The molecule has 0 heterocycles. The van der Waals surface area contributed by atoms with E-state index in [1.54, 1.807) is 0 Å². The van der Waals surface area contributed by atoms with Crippen molar-refractivity contribution in [2.24, 2.45) is 5.92 Å². The molecule has 0 aromatic heterocycles. The van der Waals surface area contributed by atoms with Gasteiger partial charge in [-0.25, -0.2) is 0 Å². The third-order valence-corrected chi connectivity index (χ3v) is 12.0. The lowest BCUT2D eigenvalue weighted by Gasteiger charge is -2.18. The largest absolute Gasteiger partial charge is 0.462 e. The minimum Gasteiger partial charge on any atom is -0.462 e. The molecule has 0 N–H and O–H groups in total. The summed E-state index contributed by atoms with van der Waals surface area (Å²) in [6, 6.07) is 0. The molecule has 0 spiro atoms. The molecule has 0 aliphatic carbocycles. The summed E-state index contributed by atoms with van der Waals surface area (Å²) in [6.45, 7) is 9.01. The van der Waals surface area contributed by atoms with Crippen LogP contribution in [0.1, 0.15) is 297 Å². The quantitative estimate of drug-likeness (QED) is 0.0345. The van der Waals surface area contributed by atoms with Crippen LogP contribution < -0.4 is 0 Å². The van der Waals surface area contributed by atoms with E-state index in [0.29, 0.717) is 19.3 Å². The Hall–Kier alpha value is -1.59. The Kier molecular flexibility index (Phi) is 46.2. The van der Waals surface area contributed by atoms with Crippen molar-refractivity contribution >= 4 is 17.9 Å². The highest BCUT2D eigenvalue weighted by Gasteiger charge is 2.19. The zero-order valence-electron chi connectivity index (χ0n) is 40.2. The number of hydrogen-bond acceptors (Lipinski definition) is 6. The van der Waals surface area contributed by atoms with E-state index in [9.17, 15) is 14.4 Å². The van der Waals surface area contributed by atoms with E-state index in [2.05, 4.69) is 27.7 Å². The molecule has 6 nitrogen and oxygen atoms in total. The molecule has 59 heavy (non-hydrogen) atoms. The molecule has 1 atom stereocenters. The van der Waals surface area contributed by atoms with Gasteiger partial charge in [-0.1, -0.05) is 259 Å². The molecule has 0 aliphatic rings. The van der Waals surface area contributed by atoms with Crippen LogP contribution in [0.2, 0.25) is 0 Å². The van der Waals surface area contributed by atoms with Gasteiger partial charge in [-0.3, -0.25) is 14.4 Å². The Balaban J connectivity index is 4.21. The van der Waals surface area contributed by atoms with Gasteiger partial charge >= 0.3 is 17.9 Å². The molecular formula is C53H102O6. The lowest BCUT2D eigenvalue weighted by atomic mass is 10.0. The van der Waals surface area contributed by atoms with Gasteiger partial charge in [0.1, 0.15) is 13.2 Å². The van der Waals surface area contributed by atoms with E-state index < -0.39 is 6.10 Å². The highest BCUT2D eigenvalue weighted by Crippen LogP contribution is 2.17. The number of ether oxygens (including phenoxy) is 3. The van der Waals surface area contributed by atoms with Crippen LogP contribution >= 0.6 is 0 Å². The van der Waals surface area contributed by atoms with E-state index in [1.807, 2.05) is 0 Å². The molecule has 6 heteroatoms. The van der Waals surface area contributed by atoms with Crippen LogP contribution in [0, 0.1) is 5.92 Å². The minimum atomic E-state index is -0.760. The summed E-state index contributed by atoms with van der Waals surface area (Å²) in [7, 11) is 0. The van der Waals surface area contributed by atoms with E-state index in [-0.39, 0.29) is 31.1 Å². The molecule has 0 aromatic carbocycles. The topological polar surface area (TPSA) is 78.9 Å². The molecule has 0 saturated carbocycles. The molecule has 0 bridgehead atoms. The average Bonchev–Trinajstić information content (AvgIpc) is 3.22. The number of unbranched alkanes of at least 4 members (excludes halogenated alkanes) is 35. The number of carbonyl (C=O) groups excluding carboxylic acids is 3. The lowest BCUT2D eigenvalue weighted by Crippen LogP contribution is -2.30. The summed E-state index contributed by atoms with van der Waals surface area (Å²) in [5.41, 5.74) is 0. The van der Waals surface area contributed by atoms with Crippen LogP contribution in [0.25, 0.3) is 0 Å². The van der Waals surface area contributed by atoms with Crippen molar-refractivity contribution in [1.82, 2.24) is 0 Å². The summed E-state index contributed by atoms with van der Waals surface area (Å²) in [5.74, 6) is -0.0197. The van der Waals surface area contributed by atoms with E-state index in [4.69, 9.17) is 14.2 Å². The van der Waals surface area contributed by atoms with Crippen molar-refractivity contribution in [3.05, 3.63) is 0 Å². The fraction of sp³-hybridized carbons (Fsp3) is 0.943. The van der Waals surface area contributed by atoms with Crippen LogP contribution in [0.3, 0.4) is 0 Å². The van der Waals surface area contributed by atoms with Crippen molar-refractivity contribution in [3.63, 3.8) is 0 Å². The van der Waals surface area contributed by atoms with Crippen molar-refractivity contribution in [2.75, 3.05) is 13.2 Å². The van der Waals surface area contributed by atoms with Gasteiger partial charge < -0.3 is 14.2 Å². The van der Waals surface area contributed by atoms with Crippen LogP contribution in [-0.2, 0) is 28.6 Å². The predicted octanol–water partition coefficient (Wildman–Crippen LogP) is 17.1. The fourth-order valence-corrected chi connectivity index (χ4v) is 8.04. The van der Waals surface area contributed by atoms with Crippen molar-refractivity contribution in [2.45, 2.75) is 303 Å². The zero-order valence-corrected chi connectivity index (χ0v) is 40.2. The number of hydrogen-bond donors (Lipinski definition) is 0. The third kappa shape index (κ3) is 47.3. The standard InChI is InChI=1S/C53H102O6/c1-5-7-9-11-13-15-16-17-18-19-20-21-22-25-29-32-36-40-44-51(54)57-47-50(59-53(56)46-42-38-34-27-14-12-10-8-6-2)48-58-52(55)45-41-37-33-30-26-23-24-28-31-35-39-43-49(3)4/h49-50H,5-48H2,1-4H3/t50-/m1/s1. The summed E-state index contributed by atoms with van der Waals surface area (Å²) in [6.07, 6.45) is 49.5. The fourth-order valence-electron chi connectivity index (χ4n) is 8.04. The molecule has 350 valence electrons. The second-order valence-electron chi connectivity index (χ2n) is 18.6. The maximum atomic E-state index is 12.7. The van der Waals surface area contributed by atoms with Gasteiger partial charge in [0.2, 0.25) is 0 Å². The molecular weight excluding hydrogens is 733 g/mol. The first-order valence-electron chi connectivity index (χ1n) is 26.4. The van der Waals surface area contributed by atoms with E-state index >= 15 is 0 Å². The van der Waals surface area contributed by atoms with Crippen LogP contribution in [0.4, 0.5) is 0 Å². The first-order valence-corrected chi connectivity index (χ1v) is 26.4. The van der Waals surface area contributed by atoms with Crippen LogP contribution in [0.15, 0.2) is 0 Å². The third-order valence-electron chi connectivity index (χ3n) is 12.0. The van der Waals surface area contributed by atoms with E-state index in [1.165, 1.54) is 193 Å². The Morgan fingerprint density at radius 1 is 0.322 bits per heavy atom. The zero-order chi connectivity index (χ0) is 43.1. The van der Waals surface area contributed by atoms with Crippen LogP contribution in [-0.4, -0.2) is 37.2 Å². The Labute approximate surface area is 368 Å². The Bertz CT molecular complexity index is 887. The van der Waals surface area contributed by atoms with Gasteiger partial charge in [-0.05, 0) is 25.2 Å². The predicted molar refractivity (Wildman–Crippen MR) is 252 cm³/mol. The second-order valence-corrected chi connectivity index (χ2v) is 18.6. The molecule has 0 aliphatic heterocycles. The molecule has 0 saturated heterocycles. The highest BCUT2D eigenvalue weighted by atomic mass is 16.6. The van der Waals surface area contributed by atoms with Crippen molar-refractivity contribution in [3.8, 4) is 0 Å². The first-order chi connectivity index (χ1) is 28.9. The minimum absolute atomic E-state index is 0.0629. The maximum absolute atomic E-state index is 12.7. The second kappa shape index (κ2) is 47.5. The molecule has 0 unspecified atom stereocenters. The van der Waals surface area contributed by atoms with Crippen molar-refractivity contribution in [1.29, 1.82) is 0 Å². The number of rotatable bonds is 48. The molecule has 0 amide bonds. The Morgan fingerprint density at radius 3 is 0.831 bits per heavy atom. The highest BCUT2D eigenvalue weighted by molar-refractivity contribution is 5.71. The van der Waals surface area contributed by atoms with Gasteiger partial charge in [0.05, 0.1) is 0 Å². The van der Waals surface area contributed by atoms with Crippen molar-refractivity contribution < 1.29 is 28.6 Å². The smallest absolute Gasteiger partial charge is 0.306 e. The van der Waals surface area contributed by atoms with Gasteiger partial charge in [0, 0.05) is 19.3 Å². The molecule has 0 rings (SSSR count). The first kappa shape index (κ1) is 57.4. The molecule has 0 aromatic rings. The summed E-state index contributed by atoms with van der Waals surface area (Å²) in [4.78, 5) is 37.9. The lowest BCUT2D eigenvalue weighted by molar-refractivity contribution is -0.167.